The van der Waals surface area contributed by atoms with Crippen molar-refractivity contribution in [3.8, 4) is 22.9 Å². The highest BCUT2D eigenvalue weighted by Gasteiger charge is 2.13. The molecule has 0 aliphatic carbocycles. The number of aromatic nitrogens is 2. The molecule has 0 spiro atoms. The zero-order chi connectivity index (χ0) is 19.9. The van der Waals surface area contributed by atoms with Gasteiger partial charge in [-0.25, -0.2) is 0 Å². The number of rotatable bonds is 8. The summed E-state index contributed by atoms with van der Waals surface area (Å²) in [6.45, 7) is 5.00. The molecule has 7 nitrogen and oxygen atoms in total. The minimum absolute atomic E-state index is 0.105. The van der Waals surface area contributed by atoms with E-state index in [1.165, 1.54) is 0 Å². The third-order valence-corrected chi connectivity index (χ3v) is 4.08. The molecule has 1 amide bonds. The molecular formula is C20H20ClN3O4. The van der Waals surface area contributed by atoms with Crippen LogP contribution >= 0.6 is 11.6 Å². The molecule has 146 valence electrons. The smallest absolute Gasteiger partial charge is 0.251 e. The maximum absolute atomic E-state index is 12.3. The van der Waals surface area contributed by atoms with E-state index in [4.69, 9.17) is 25.6 Å². The van der Waals surface area contributed by atoms with Gasteiger partial charge in [0.1, 0.15) is 11.5 Å². The molecule has 1 N–H and O–H groups in total. The zero-order valence-electron chi connectivity index (χ0n) is 15.6. The molecule has 2 aromatic carbocycles. The number of benzene rings is 2. The normalized spacial score (nSPS) is 10.5. The van der Waals surface area contributed by atoms with E-state index in [0.717, 1.165) is 11.3 Å². The Bertz CT molecular complexity index is 941. The summed E-state index contributed by atoms with van der Waals surface area (Å²) in [4.78, 5) is 16.6. The first-order valence-corrected chi connectivity index (χ1v) is 9.24. The summed E-state index contributed by atoms with van der Waals surface area (Å²) in [6, 6.07) is 12.2. The first-order chi connectivity index (χ1) is 13.6. The van der Waals surface area contributed by atoms with E-state index in [2.05, 4.69) is 15.5 Å². The molecule has 0 unspecified atom stereocenters. The van der Waals surface area contributed by atoms with Crippen LogP contribution in [0.3, 0.4) is 0 Å². The lowest BCUT2D eigenvalue weighted by Gasteiger charge is -2.07. The number of hydrogen-bond acceptors (Lipinski definition) is 6. The van der Waals surface area contributed by atoms with Crippen LogP contribution in [0.1, 0.15) is 30.1 Å². The third-order valence-electron chi connectivity index (χ3n) is 3.79. The van der Waals surface area contributed by atoms with E-state index in [1.807, 2.05) is 38.1 Å². The number of amides is 1. The molecule has 0 radical (unpaired) electrons. The summed E-state index contributed by atoms with van der Waals surface area (Å²) in [5, 5.41) is 7.05. The molecule has 0 aliphatic rings. The van der Waals surface area contributed by atoms with Crippen LogP contribution in [0.15, 0.2) is 47.0 Å². The molecule has 0 atom stereocenters. The van der Waals surface area contributed by atoms with Crippen molar-refractivity contribution in [2.24, 2.45) is 0 Å². The van der Waals surface area contributed by atoms with Crippen LogP contribution in [0.4, 0.5) is 0 Å². The molecule has 3 rings (SSSR count). The SMILES string of the molecule is CCOc1ccc(-c2noc(CNC(=O)c3ccc(OCC)c(Cl)c3)n2)cc1. The number of carbonyl (C=O) groups excluding carboxylic acids is 1. The quantitative estimate of drug-likeness (QED) is 0.611. The van der Waals surface area contributed by atoms with Crippen molar-refractivity contribution in [3.05, 3.63) is 58.9 Å². The Labute approximate surface area is 167 Å². The van der Waals surface area contributed by atoms with Crippen LogP contribution in [-0.2, 0) is 6.54 Å². The standard InChI is InChI=1S/C20H20ClN3O4/c1-3-26-15-8-5-13(6-9-15)19-23-18(28-24-19)12-22-20(25)14-7-10-17(27-4-2)16(21)11-14/h5-11H,3-4,12H2,1-2H3,(H,22,25). The van der Waals surface area contributed by atoms with Gasteiger partial charge in [0.05, 0.1) is 24.8 Å². The first-order valence-electron chi connectivity index (χ1n) is 8.87. The summed E-state index contributed by atoms with van der Waals surface area (Å²) in [7, 11) is 0. The predicted octanol–water partition coefficient (Wildman–Crippen LogP) is 4.12. The molecule has 0 aliphatic heterocycles. The number of carbonyl (C=O) groups is 1. The van der Waals surface area contributed by atoms with Crippen molar-refractivity contribution in [1.29, 1.82) is 0 Å². The van der Waals surface area contributed by atoms with E-state index in [0.29, 0.717) is 41.3 Å². The number of ether oxygens (including phenoxy) is 2. The van der Waals surface area contributed by atoms with Gasteiger partial charge in [0.2, 0.25) is 11.7 Å². The second-order valence-electron chi connectivity index (χ2n) is 5.73. The first kappa shape index (κ1) is 19.7. The second kappa shape index (κ2) is 9.23. The zero-order valence-corrected chi connectivity index (χ0v) is 16.3. The van der Waals surface area contributed by atoms with Crippen LogP contribution in [-0.4, -0.2) is 29.3 Å². The number of nitrogens with zero attached hydrogens (tertiary/aromatic N) is 2. The molecule has 0 fully saturated rings. The van der Waals surface area contributed by atoms with Crippen molar-refractivity contribution >= 4 is 17.5 Å². The summed E-state index contributed by atoms with van der Waals surface area (Å²) >= 11 is 6.12. The van der Waals surface area contributed by atoms with Gasteiger partial charge in [0, 0.05) is 11.1 Å². The van der Waals surface area contributed by atoms with Gasteiger partial charge in [0.25, 0.3) is 5.91 Å². The van der Waals surface area contributed by atoms with Crippen molar-refractivity contribution < 1.29 is 18.8 Å². The molecule has 8 heteroatoms. The highest BCUT2D eigenvalue weighted by Crippen LogP contribution is 2.25. The van der Waals surface area contributed by atoms with Crippen molar-refractivity contribution in [2.45, 2.75) is 20.4 Å². The monoisotopic (exact) mass is 401 g/mol. The topological polar surface area (TPSA) is 86.5 Å². The molecule has 0 saturated carbocycles. The summed E-state index contributed by atoms with van der Waals surface area (Å²) < 4.78 is 16.0. The Kier molecular flexibility index (Phi) is 6.49. The molecule has 0 bridgehead atoms. The molecule has 1 aromatic heterocycles. The fourth-order valence-electron chi connectivity index (χ4n) is 2.48. The number of halogens is 1. The Morgan fingerprint density at radius 3 is 2.54 bits per heavy atom. The van der Waals surface area contributed by atoms with Crippen LogP contribution in [0.5, 0.6) is 11.5 Å². The molecular weight excluding hydrogens is 382 g/mol. The van der Waals surface area contributed by atoms with Gasteiger partial charge in [-0.2, -0.15) is 4.98 Å². The van der Waals surface area contributed by atoms with Gasteiger partial charge in [-0.05, 0) is 56.3 Å². The number of nitrogens with one attached hydrogen (secondary N) is 1. The Balaban J connectivity index is 1.61. The predicted molar refractivity (Wildman–Crippen MR) is 105 cm³/mol. The van der Waals surface area contributed by atoms with Gasteiger partial charge in [-0.15, -0.1) is 0 Å². The highest BCUT2D eigenvalue weighted by molar-refractivity contribution is 6.32. The van der Waals surface area contributed by atoms with Gasteiger partial charge < -0.3 is 19.3 Å². The lowest BCUT2D eigenvalue weighted by atomic mass is 10.2. The average molecular weight is 402 g/mol. The fourth-order valence-corrected chi connectivity index (χ4v) is 2.72. The van der Waals surface area contributed by atoms with Crippen molar-refractivity contribution in [1.82, 2.24) is 15.5 Å². The Morgan fingerprint density at radius 2 is 1.86 bits per heavy atom. The summed E-state index contributed by atoms with van der Waals surface area (Å²) in [5.74, 6) is 1.75. The minimum atomic E-state index is -0.300. The Hall–Kier alpha value is -3.06. The maximum atomic E-state index is 12.3. The van der Waals surface area contributed by atoms with E-state index in [-0.39, 0.29) is 12.5 Å². The van der Waals surface area contributed by atoms with Crippen molar-refractivity contribution in [3.63, 3.8) is 0 Å². The molecule has 3 aromatic rings. The van der Waals surface area contributed by atoms with Gasteiger partial charge in [0.15, 0.2) is 0 Å². The van der Waals surface area contributed by atoms with Crippen LogP contribution in [0.25, 0.3) is 11.4 Å². The second-order valence-corrected chi connectivity index (χ2v) is 6.14. The molecule has 0 saturated heterocycles. The largest absolute Gasteiger partial charge is 0.494 e. The van der Waals surface area contributed by atoms with Crippen LogP contribution < -0.4 is 14.8 Å². The van der Waals surface area contributed by atoms with E-state index >= 15 is 0 Å². The fraction of sp³-hybridized carbons (Fsp3) is 0.250. The minimum Gasteiger partial charge on any atom is -0.494 e. The van der Waals surface area contributed by atoms with Crippen molar-refractivity contribution in [2.75, 3.05) is 13.2 Å². The maximum Gasteiger partial charge on any atom is 0.251 e. The third kappa shape index (κ3) is 4.80. The highest BCUT2D eigenvalue weighted by atomic mass is 35.5. The summed E-state index contributed by atoms with van der Waals surface area (Å²) in [5.41, 5.74) is 1.21. The lowest BCUT2D eigenvalue weighted by Crippen LogP contribution is -2.22. The van der Waals surface area contributed by atoms with E-state index < -0.39 is 0 Å². The number of hydrogen-bond donors (Lipinski definition) is 1. The van der Waals surface area contributed by atoms with E-state index in [1.54, 1.807) is 18.2 Å². The average Bonchev–Trinajstić information content (AvgIpc) is 3.18. The molecule has 1 heterocycles. The summed E-state index contributed by atoms with van der Waals surface area (Å²) in [6.07, 6.45) is 0. The molecule has 28 heavy (non-hydrogen) atoms. The van der Waals surface area contributed by atoms with Gasteiger partial charge in [-0.3, -0.25) is 4.79 Å². The van der Waals surface area contributed by atoms with Crippen LogP contribution in [0, 0.1) is 0 Å². The van der Waals surface area contributed by atoms with Gasteiger partial charge >= 0.3 is 0 Å². The van der Waals surface area contributed by atoms with Crippen LogP contribution in [0.2, 0.25) is 5.02 Å². The Morgan fingerprint density at radius 1 is 1.11 bits per heavy atom. The van der Waals surface area contributed by atoms with E-state index in [9.17, 15) is 4.79 Å². The van der Waals surface area contributed by atoms with Gasteiger partial charge in [-0.1, -0.05) is 16.8 Å². The lowest BCUT2D eigenvalue weighted by molar-refractivity contribution is 0.0946.